The van der Waals surface area contributed by atoms with Crippen molar-refractivity contribution in [2.75, 3.05) is 13.6 Å². The lowest BCUT2D eigenvalue weighted by Gasteiger charge is -2.12. The summed E-state index contributed by atoms with van der Waals surface area (Å²) < 4.78 is 5.53. The first-order valence-electron chi connectivity index (χ1n) is 4.94. The van der Waals surface area contributed by atoms with E-state index >= 15 is 0 Å². The van der Waals surface area contributed by atoms with E-state index in [1.54, 1.807) is 6.20 Å². The molecule has 5 heteroatoms. The molecule has 4 nitrogen and oxygen atoms in total. The highest BCUT2D eigenvalue weighted by molar-refractivity contribution is 6.31. The van der Waals surface area contributed by atoms with Crippen molar-refractivity contribution in [1.82, 2.24) is 15.3 Å². The van der Waals surface area contributed by atoms with Gasteiger partial charge in [-0.05, 0) is 33.9 Å². The van der Waals surface area contributed by atoms with E-state index in [4.69, 9.17) is 16.3 Å². The molecule has 1 atom stereocenters. The second-order valence-corrected chi connectivity index (χ2v) is 3.81. The van der Waals surface area contributed by atoms with Crippen LogP contribution in [0.3, 0.4) is 0 Å². The minimum absolute atomic E-state index is 0.0954. The quantitative estimate of drug-likeness (QED) is 0.837. The largest absolute Gasteiger partial charge is 0.460 e. The molecule has 0 radical (unpaired) electrons. The van der Waals surface area contributed by atoms with E-state index < -0.39 is 0 Å². The van der Waals surface area contributed by atoms with E-state index in [0.29, 0.717) is 11.0 Å². The van der Waals surface area contributed by atoms with Crippen LogP contribution in [0.2, 0.25) is 5.02 Å². The number of aryl methyl sites for hydroxylation is 1. The monoisotopic (exact) mass is 229 g/mol. The van der Waals surface area contributed by atoms with Crippen molar-refractivity contribution in [1.29, 1.82) is 0 Å². The average Bonchev–Trinajstić information content (AvgIpc) is 2.20. The maximum absolute atomic E-state index is 5.81. The molecule has 0 saturated heterocycles. The molecule has 15 heavy (non-hydrogen) atoms. The molecule has 0 fully saturated rings. The van der Waals surface area contributed by atoms with Crippen LogP contribution in [0.4, 0.5) is 0 Å². The molecule has 0 aliphatic carbocycles. The van der Waals surface area contributed by atoms with Gasteiger partial charge in [-0.15, -0.1) is 0 Å². The van der Waals surface area contributed by atoms with Crippen molar-refractivity contribution in [3.8, 4) is 6.01 Å². The fourth-order valence-electron chi connectivity index (χ4n) is 1.07. The molecule has 0 spiro atoms. The number of halogens is 1. The molecule has 1 N–H and O–H groups in total. The second-order valence-electron chi connectivity index (χ2n) is 3.41. The Balaban J connectivity index is 2.53. The molecule has 0 amide bonds. The number of nitrogens with zero attached hydrogens (tertiary/aromatic N) is 2. The summed E-state index contributed by atoms with van der Waals surface area (Å²) in [6, 6.07) is 0.389. The summed E-state index contributed by atoms with van der Waals surface area (Å²) in [5, 5.41) is 3.62. The fraction of sp³-hybridized carbons (Fsp3) is 0.600. The van der Waals surface area contributed by atoms with Crippen molar-refractivity contribution in [3.63, 3.8) is 0 Å². The Labute approximate surface area is 95.0 Å². The minimum atomic E-state index is 0.0954. The van der Waals surface area contributed by atoms with Crippen LogP contribution < -0.4 is 10.1 Å². The van der Waals surface area contributed by atoms with Gasteiger partial charge in [-0.25, -0.2) is 4.98 Å². The van der Waals surface area contributed by atoms with Crippen molar-refractivity contribution >= 4 is 11.6 Å². The summed E-state index contributed by atoms with van der Waals surface area (Å²) in [4.78, 5) is 8.14. The van der Waals surface area contributed by atoms with E-state index in [9.17, 15) is 0 Å². The van der Waals surface area contributed by atoms with Gasteiger partial charge in [-0.2, -0.15) is 4.98 Å². The predicted molar refractivity (Wildman–Crippen MR) is 60.4 cm³/mol. The Morgan fingerprint density at radius 3 is 2.93 bits per heavy atom. The highest BCUT2D eigenvalue weighted by Gasteiger charge is 2.07. The second kappa shape index (κ2) is 5.88. The Morgan fingerprint density at radius 2 is 2.33 bits per heavy atom. The summed E-state index contributed by atoms with van der Waals surface area (Å²) in [6.07, 6.45) is 2.57. The first kappa shape index (κ1) is 12.2. The summed E-state index contributed by atoms with van der Waals surface area (Å²) >= 11 is 5.81. The van der Waals surface area contributed by atoms with Gasteiger partial charge < -0.3 is 10.1 Å². The third kappa shape index (κ3) is 4.01. The summed E-state index contributed by atoms with van der Waals surface area (Å²) in [5.74, 6) is 0. The van der Waals surface area contributed by atoms with E-state index in [0.717, 1.165) is 18.7 Å². The molecule has 84 valence electrons. The van der Waals surface area contributed by atoms with Gasteiger partial charge in [0.25, 0.3) is 0 Å². The smallest absolute Gasteiger partial charge is 0.316 e. The van der Waals surface area contributed by atoms with Gasteiger partial charge >= 0.3 is 6.01 Å². The molecule has 0 aliphatic rings. The Bertz CT molecular complexity index is 320. The van der Waals surface area contributed by atoms with Crippen LogP contribution in [0.1, 0.15) is 19.0 Å². The summed E-state index contributed by atoms with van der Waals surface area (Å²) in [7, 11) is 1.91. The number of rotatable bonds is 5. The number of aromatic nitrogens is 2. The standard InChI is InChI=1S/C10H16ClN3O/c1-7(4-5-12-3)15-10-13-6-9(11)8(2)14-10/h6-7,12H,4-5H2,1-3H3. The van der Waals surface area contributed by atoms with Gasteiger partial charge in [-0.1, -0.05) is 11.6 Å². The molecule has 0 aliphatic heterocycles. The molecule has 1 aromatic heterocycles. The maximum atomic E-state index is 5.81. The lowest BCUT2D eigenvalue weighted by Crippen LogP contribution is -2.20. The Hall–Kier alpha value is -0.870. The SMILES string of the molecule is CNCCC(C)Oc1ncc(Cl)c(C)n1. The molecule has 1 unspecified atom stereocenters. The van der Waals surface area contributed by atoms with Crippen LogP contribution in [0, 0.1) is 6.92 Å². The topological polar surface area (TPSA) is 47.0 Å². The molecular formula is C10H16ClN3O. The van der Waals surface area contributed by atoms with Gasteiger partial charge in [0.15, 0.2) is 0 Å². The van der Waals surface area contributed by atoms with Crippen molar-refractivity contribution in [2.24, 2.45) is 0 Å². The van der Waals surface area contributed by atoms with Gasteiger partial charge in [0.05, 0.1) is 16.9 Å². The number of hydrogen-bond acceptors (Lipinski definition) is 4. The molecule has 1 rings (SSSR count). The summed E-state index contributed by atoms with van der Waals surface area (Å²) in [6.45, 7) is 4.73. The van der Waals surface area contributed by atoms with Crippen molar-refractivity contribution < 1.29 is 4.74 Å². The molecule has 0 saturated carbocycles. The third-order valence-electron chi connectivity index (χ3n) is 2.00. The van der Waals surface area contributed by atoms with Crippen molar-refractivity contribution in [3.05, 3.63) is 16.9 Å². The van der Waals surface area contributed by atoms with Gasteiger partial charge in [0, 0.05) is 0 Å². The molecular weight excluding hydrogens is 214 g/mol. The predicted octanol–water partition coefficient (Wildman–Crippen LogP) is 1.82. The van der Waals surface area contributed by atoms with Crippen LogP contribution in [0.5, 0.6) is 6.01 Å². The maximum Gasteiger partial charge on any atom is 0.316 e. The normalized spacial score (nSPS) is 12.5. The van der Waals surface area contributed by atoms with Crippen molar-refractivity contribution in [2.45, 2.75) is 26.4 Å². The molecule has 0 bridgehead atoms. The van der Waals surface area contributed by atoms with Crippen LogP contribution in [-0.4, -0.2) is 29.7 Å². The van der Waals surface area contributed by atoms with Gasteiger partial charge in [0.1, 0.15) is 6.10 Å². The van der Waals surface area contributed by atoms with E-state index in [1.807, 2.05) is 20.9 Å². The lowest BCUT2D eigenvalue weighted by molar-refractivity contribution is 0.193. The average molecular weight is 230 g/mol. The van der Waals surface area contributed by atoms with Crippen LogP contribution in [0.15, 0.2) is 6.20 Å². The lowest BCUT2D eigenvalue weighted by atomic mass is 10.3. The zero-order valence-corrected chi connectivity index (χ0v) is 10.0. The Morgan fingerprint density at radius 1 is 1.60 bits per heavy atom. The third-order valence-corrected chi connectivity index (χ3v) is 2.38. The zero-order chi connectivity index (χ0) is 11.3. The molecule has 0 aromatic carbocycles. The van der Waals surface area contributed by atoms with Crippen LogP contribution >= 0.6 is 11.6 Å². The van der Waals surface area contributed by atoms with Gasteiger partial charge in [-0.3, -0.25) is 0 Å². The van der Waals surface area contributed by atoms with E-state index in [2.05, 4.69) is 15.3 Å². The Kier molecular flexibility index (Phi) is 4.78. The zero-order valence-electron chi connectivity index (χ0n) is 9.25. The number of nitrogens with one attached hydrogen (secondary N) is 1. The minimum Gasteiger partial charge on any atom is -0.460 e. The molecule has 1 heterocycles. The highest BCUT2D eigenvalue weighted by Crippen LogP contribution is 2.14. The summed E-state index contributed by atoms with van der Waals surface area (Å²) in [5.41, 5.74) is 0.738. The van der Waals surface area contributed by atoms with Crippen LogP contribution in [-0.2, 0) is 0 Å². The van der Waals surface area contributed by atoms with Crippen LogP contribution in [0.25, 0.3) is 0 Å². The van der Waals surface area contributed by atoms with Gasteiger partial charge in [0.2, 0.25) is 0 Å². The molecule has 1 aromatic rings. The van der Waals surface area contributed by atoms with E-state index in [1.165, 1.54) is 0 Å². The number of ether oxygens (including phenoxy) is 1. The first-order chi connectivity index (χ1) is 7.13. The fourth-order valence-corrected chi connectivity index (χ4v) is 1.17. The van der Waals surface area contributed by atoms with E-state index in [-0.39, 0.29) is 6.10 Å². The number of hydrogen-bond donors (Lipinski definition) is 1. The first-order valence-corrected chi connectivity index (χ1v) is 5.31. The highest BCUT2D eigenvalue weighted by atomic mass is 35.5.